The van der Waals surface area contributed by atoms with E-state index >= 15 is 0 Å². The average molecular weight is 639 g/mol. The first kappa shape index (κ1) is 30.0. The Morgan fingerprint density at radius 2 is 1.51 bits per heavy atom. The van der Waals surface area contributed by atoms with Gasteiger partial charge in [0.25, 0.3) is 10.0 Å². The molecule has 0 aliphatic rings. The van der Waals surface area contributed by atoms with Crippen LogP contribution in [0.5, 0.6) is 0 Å². The van der Waals surface area contributed by atoms with E-state index in [4.69, 9.17) is 0 Å². The maximum Gasteiger partial charge on any atom is 0.264 e. The minimum Gasteiger partial charge on any atom is -0.357 e. The monoisotopic (exact) mass is 637 g/mol. The van der Waals surface area contributed by atoms with Crippen molar-refractivity contribution >= 4 is 43.5 Å². The smallest absolute Gasteiger partial charge is 0.264 e. The van der Waals surface area contributed by atoms with Crippen molar-refractivity contribution in [1.82, 2.24) is 10.2 Å². The van der Waals surface area contributed by atoms with E-state index in [0.29, 0.717) is 4.47 Å². The van der Waals surface area contributed by atoms with E-state index in [-0.39, 0.29) is 29.1 Å². The second kappa shape index (κ2) is 13.6. The molecular weight excluding hydrogens is 609 g/mol. The van der Waals surface area contributed by atoms with E-state index < -0.39 is 40.2 Å². The Morgan fingerprint density at radius 1 is 0.878 bits per heavy atom. The number of halogens is 2. The second-order valence-electron chi connectivity index (χ2n) is 9.24. The summed E-state index contributed by atoms with van der Waals surface area (Å²) in [6.07, 6.45) is 0.142. The molecule has 1 atom stereocenters. The molecule has 0 bridgehead atoms. The Morgan fingerprint density at radius 3 is 2.15 bits per heavy atom. The van der Waals surface area contributed by atoms with Crippen LogP contribution in [0.3, 0.4) is 0 Å². The quantitative estimate of drug-likeness (QED) is 0.246. The molecular formula is C31H29BrFN3O4S. The second-order valence-corrected chi connectivity index (χ2v) is 12.0. The normalized spacial score (nSPS) is 11.9. The van der Waals surface area contributed by atoms with Crippen LogP contribution >= 0.6 is 15.9 Å². The zero-order valence-electron chi connectivity index (χ0n) is 22.3. The summed E-state index contributed by atoms with van der Waals surface area (Å²) in [5.74, 6) is -1.67. The van der Waals surface area contributed by atoms with Gasteiger partial charge in [0.15, 0.2) is 0 Å². The first-order valence-corrected chi connectivity index (χ1v) is 15.1. The minimum atomic E-state index is -4.20. The third-order valence-corrected chi connectivity index (χ3v) is 8.80. The van der Waals surface area contributed by atoms with Crippen LogP contribution in [0.4, 0.5) is 10.1 Å². The number of amides is 2. The van der Waals surface area contributed by atoms with E-state index in [9.17, 15) is 22.4 Å². The fraction of sp³-hybridized carbons (Fsp3) is 0.161. The number of carbonyl (C=O) groups is 2. The van der Waals surface area contributed by atoms with Crippen molar-refractivity contribution in [1.29, 1.82) is 0 Å². The van der Waals surface area contributed by atoms with Gasteiger partial charge < -0.3 is 10.2 Å². The molecule has 0 aromatic heterocycles. The number of sulfonamides is 1. The predicted molar refractivity (Wildman–Crippen MR) is 160 cm³/mol. The number of anilines is 1. The number of likely N-dealkylation sites (N-methyl/N-ethyl adjacent to an activating group) is 1. The highest BCUT2D eigenvalue weighted by Gasteiger charge is 2.34. The molecule has 0 radical (unpaired) electrons. The molecule has 0 spiro atoms. The molecule has 4 aromatic rings. The van der Waals surface area contributed by atoms with E-state index in [1.165, 1.54) is 42.3 Å². The van der Waals surface area contributed by atoms with Gasteiger partial charge in [-0.3, -0.25) is 13.9 Å². The molecule has 2 amide bonds. The van der Waals surface area contributed by atoms with Gasteiger partial charge in [-0.15, -0.1) is 0 Å². The number of carbonyl (C=O) groups excluding carboxylic acids is 2. The molecule has 4 rings (SSSR count). The highest BCUT2D eigenvalue weighted by atomic mass is 79.9. The van der Waals surface area contributed by atoms with Crippen LogP contribution in [0, 0.1) is 5.82 Å². The molecule has 0 fully saturated rings. The summed E-state index contributed by atoms with van der Waals surface area (Å²) in [5, 5.41) is 2.60. The Balaban J connectivity index is 1.79. The highest BCUT2D eigenvalue weighted by Crippen LogP contribution is 2.27. The average Bonchev–Trinajstić information content (AvgIpc) is 2.99. The van der Waals surface area contributed by atoms with Crippen LogP contribution in [0.25, 0.3) is 0 Å². The van der Waals surface area contributed by atoms with E-state index in [1.807, 2.05) is 30.3 Å². The van der Waals surface area contributed by atoms with Gasteiger partial charge in [0.05, 0.1) is 10.6 Å². The fourth-order valence-corrected chi connectivity index (χ4v) is 6.22. The lowest BCUT2D eigenvalue weighted by atomic mass is 10.0. The van der Waals surface area contributed by atoms with E-state index in [0.717, 1.165) is 9.87 Å². The summed E-state index contributed by atoms with van der Waals surface area (Å²) >= 11 is 3.38. The van der Waals surface area contributed by atoms with Gasteiger partial charge in [-0.2, -0.15) is 0 Å². The van der Waals surface area contributed by atoms with Crippen LogP contribution in [0.15, 0.2) is 119 Å². The van der Waals surface area contributed by atoms with Crippen molar-refractivity contribution in [2.24, 2.45) is 0 Å². The Kier molecular flexibility index (Phi) is 9.91. The first-order valence-electron chi connectivity index (χ1n) is 12.8. The molecule has 4 aromatic carbocycles. The summed E-state index contributed by atoms with van der Waals surface area (Å²) in [6, 6.07) is 28.4. The molecule has 1 N–H and O–H groups in total. The molecule has 0 saturated heterocycles. The summed E-state index contributed by atoms with van der Waals surface area (Å²) in [5.41, 5.74) is 1.23. The molecule has 7 nitrogen and oxygen atoms in total. The fourth-order valence-electron chi connectivity index (χ4n) is 4.41. The molecule has 1 unspecified atom stereocenters. The largest absolute Gasteiger partial charge is 0.357 e. The number of rotatable bonds is 11. The van der Waals surface area contributed by atoms with Crippen molar-refractivity contribution in [2.75, 3.05) is 17.9 Å². The molecule has 0 heterocycles. The number of hydrogen-bond acceptors (Lipinski definition) is 4. The number of hydrogen-bond donors (Lipinski definition) is 1. The number of nitrogens with one attached hydrogen (secondary N) is 1. The third kappa shape index (κ3) is 7.39. The van der Waals surface area contributed by atoms with Gasteiger partial charge >= 0.3 is 0 Å². The van der Waals surface area contributed by atoms with Crippen LogP contribution in [-0.4, -0.2) is 44.8 Å². The van der Waals surface area contributed by atoms with Gasteiger partial charge in [-0.05, 0) is 42.0 Å². The number of nitrogens with zero attached hydrogens (tertiary/aromatic N) is 2. The topological polar surface area (TPSA) is 86.8 Å². The SMILES string of the molecule is CNC(=O)C(Cc1ccccc1)N(Cc1ccccc1F)C(=O)CN(c1cccc(Br)c1)S(=O)(=O)c1ccccc1. The molecule has 0 aliphatic carbocycles. The van der Waals surface area contributed by atoms with Gasteiger partial charge in [-0.25, -0.2) is 12.8 Å². The Labute approximate surface area is 247 Å². The maximum absolute atomic E-state index is 14.8. The van der Waals surface area contributed by atoms with Gasteiger partial charge in [0, 0.05) is 30.0 Å². The predicted octanol–water partition coefficient (Wildman–Crippen LogP) is 5.17. The molecule has 0 aliphatic heterocycles. The van der Waals surface area contributed by atoms with Gasteiger partial charge in [-0.1, -0.05) is 88.7 Å². The lowest BCUT2D eigenvalue weighted by Gasteiger charge is -2.33. The van der Waals surface area contributed by atoms with E-state index in [2.05, 4.69) is 21.2 Å². The van der Waals surface area contributed by atoms with Crippen molar-refractivity contribution in [3.8, 4) is 0 Å². The summed E-state index contributed by atoms with van der Waals surface area (Å²) in [6.45, 7) is -0.863. The lowest BCUT2D eigenvalue weighted by Crippen LogP contribution is -2.53. The van der Waals surface area contributed by atoms with Crippen molar-refractivity contribution in [3.63, 3.8) is 0 Å². The maximum atomic E-state index is 14.8. The number of benzene rings is 4. The van der Waals surface area contributed by atoms with Gasteiger partial charge in [0.1, 0.15) is 18.4 Å². The molecule has 41 heavy (non-hydrogen) atoms. The zero-order valence-corrected chi connectivity index (χ0v) is 24.7. The van der Waals surface area contributed by atoms with Crippen molar-refractivity contribution in [2.45, 2.75) is 23.9 Å². The standard InChI is InChI=1S/C31H29BrFN3O4S/c1-34-31(38)29(19-23-11-4-2-5-12-23)35(21-24-13-8-9-18-28(24)33)30(37)22-36(26-15-10-14-25(32)20-26)41(39,40)27-16-6-3-7-17-27/h2-18,20,29H,19,21-22H2,1H3,(H,34,38). The molecule has 212 valence electrons. The van der Waals surface area contributed by atoms with Crippen molar-refractivity contribution < 1.29 is 22.4 Å². The summed E-state index contributed by atoms with van der Waals surface area (Å²) in [4.78, 5) is 28.6. The zero-order chi connectivity index (χ0) is 29.4. The lowest BCUT2D eigenvalue weighted by molar-refractivity contribution is -0.139. The third-order valence-electron chi connectivity index (χ3n) is 6.52. The Bertz CT molecular complexity index is 1600. The van der Waals surface area contributed by atoms with E-state index in [1.54, 1.807) is 48.5 Å². The molecule has 0 saturated carbocycles. The Hall–Kier alpha value is -4.02. The van der Waals surface area contributed by atoms with Crippen molar-refractivity contribution in [3.05, 3.63) is 131 Å². The van der Waals surface area contributed by atoms with Crippen LogP contribution < -0.4 is 9.62 Å². The minimum absolute atomic E-state index is 0.000524. The summed E-state index contributed by atoms with van der Waals surface area (Å²) < 4.78 is 44.2. The highest BCUT2D eigenvalue weighted by molar-refractivity contribution is 9.10. The summed E-state index contributed by atoms with van der Waals surface area (Å²) in [7, 11) is -2.74. The first-order chi connectivity index (χ1) is 19.7. The molecule has 10 heteroatoms. The van der Waals surface area contributed by atoms with Crippen LogP contribution in [0.2, 0.25) is 0 Å². The van der Waals surface area contributed by atoms with Crippen LogP contribution in [0.1, 0.15) is 11.1 Å². The van der Waals surface area contributed by atoms with Gasteiger partial charge in [0.2, 0.25) is 11.8 Å². The van der Waals surface area contributed by atoms with Crippen LogP contribution in [-0.2, 0) is 32.6 Å².